The molecule has 1 heterocycles. The monoisotopic (exact) mass is 411 g/mol. The fourth-order valence-electron chi connectivity index (χ4n) is 2.70. The number of amidine groups is 1. The maximum atomic E-state index is 13.2. The number of ether oxygens (including phenoxy) is 1. The molecule has 148 valence electrons. The lowest BCUT2D eigenvalue weighted by Crippen LogP contribution is -2.30. The van der Waals surface area contributed by atoms with Gasteiger partial charge in [0.2, 0.25) is 0 Å². The van der Waals surface area contributed by atoms with Gasteiger partial charge < -0.3 is 10.1 Å². The standard InChI is InChI=1S/C19H16F3N3O2.ClH/c1-11(26)27-18-17(23-2)24-15-9-8-13(19(20,21)22)10-14(15)16(25-18)12-6-4-3-5-7-12;/h3-10,18H,1-2H3,(H,23,24);1H. The molecule has 0 aliphatic carbocycles. The second kappa shape index (κ2) is 8.43. The lowest BCUT2D eigenvalue weighted by Gasteiger charge is -2.15. The smallest absolute Gasteiger partial charge is 0.416 e. The van der Waals surface area contributed by atoms with Crippen molar-refractivity contribution in [3.63, 3.8) is 0 Å². The molecule has 0 aromatic heterocycles. The second-order valence-corrected chi connectivity index (χ2v) is 5.80. The van der Waals surface area contributed by atoms with Crippen LogP contribution in [0.5, 0.6) is 0 Å². The highest BCUT2D eigenvalue weighted by molar-refractivity contribution is 6.20. The Hall–Kier alpha value is -2.87. The number of fused-ring (bicyclic) bond motifs is 1. The van der Waals surface area contributed by atoms with E-state index in [9.17, 15) is 18.0 Å². The molecule has 0 saturated carbocycles. The zero-order valence-corrected chi connectivity index (χ0v) is 15.8. The van der Waals surface area contributed by atoms with Crippen LogP contribution >= 0.6 is 12.4 Å². The van der Waals surface area contributed by atoms with E-state index in [2.05, 4.69) is 15.3 Å². The van der Waals surface area contributed by atoms with Crippen molar-refractivity contribution in [2.45, 2.75) is 19.3 Å². The number of alkyl halides is 3. The van der Waals surface area contributed by atoms with Crippen molar-refractivity contribution < 1.29 is 22.7 Å². The number of esters is 1. The number of benzene rings is 2. The summed E-state index contributed by atoms with van der Waals surface area (Å²) >= 11 is 0. The van der Waals surface area contributed by atoms with Crippen molar-refractivity contribution in [2.24, 2.45) is 9.98 Å². The minimum absolute atomic E-state index is 0. The van der Waals surface area contributed by atoms with Gasteiger partial charge in [0.05, 0.1) is 11.3 Å². The average Bonchev–Trinajstić information content (AvgIpc) is 2.77. The molecule has 28 heavy (non-hydrogen) atoms. The van der Waals surface area contributed by atoms with Gasteiger partial charge in [0, 0.05) is 30.8 Å². The molecule has 0 bridgehead atoms. The minimum Gasteiger partial charge on any atom is -0.432 e. The van der Waals surface area contributed by atoms with Gasteiger partial charge in [-0.25, -0.2) is 4.99 Å². The SMILES string of the molecule is CN=C1Nc2ccc(C(F)(F)F)cc2C(c2ccccc2)=NC1OC(C)=O.Cl. The van der Waals surface area contributed by atoms with E-state index in [-0.39, 0.29) is 29.5 Å². The molecule has 0 spiro atoms. The van der Waals surface area contributed by atoms with Crippen LogP contribution in [0.2, 0.25) is 0 Å². The van der Waals surface area contributed by atoms with Crippen LogP contribution in [0.1, 0.15) is 23.6 Å². The van der Waals surface area contributed by atoms with Gasteiger partial charge in [0.1, 0.15) is 0 Å². The van der Waals surface area contributed by atoms with E-state index in [1.165, 1.54) is 20.0 Å². The Morgan fingerprint density at radius 3 is 2.43 bits per heavy atom. The lowest BCUT2D eigenvalue weighted by atomic mass is 9.98. The van der Waals surface area contributed by atoms with Gasteiger partial charge in [0.15, 0.2) is 5.84 Å². The zero-order valence-electron chi connectivity index (χ0n) is 14.9. The molecule has 1 aliphatic heterocycles. The quantitative estimate of drug-likeness (QED) is 0.749. The number of halogens is 4. The third kappa shape index (κ3) is 4.51. The molecule has 1 atom stereocenters. The maximum absolute atomic E-state index is 13.2. The fourth-order valence-corrected chi connectivity index (χ4v) is 2.70. The van der Waals surface area contributed by atoms with Crippen LogP contribution in [0.4, 0.5) is 18.9 Å². The van der Waals surface area contributed by atoms with Crippen molar-refractivity contribution >= 4 is 35.6 Å². The number of rotatable bonds is 2. The average molecular weight is 412 g/mol. The van der Waals surface area contributed by atoms with Crippen molar-refractivity contribution in [1.29, 1.82) is 0 Å². The van der Waals surface area contributed by atoms with Crippen molar-refractivity contribution in [3.8, 4) is 0 Å². The molecule has 2 aromatic rings. The Bertz CT molecular complexity index is 928. The predicted octanol–water partition coefficient (Wildman–Crippen LogP) is 4.31. The highest BCUT2D eigenvalue weighted by Crippen LogP contribution is 2.34. The zero-order chi connectivity index (χ0) is 19.6. The number of hydrogen-bond acceptors (Lipinski definition) is 4. The molecule has 1 unspecified atom stereocenters. The third-order valence-corrected chi connectivity index (χ3v) is 3.91. The number of hydrogen-bond donors (Lipinski definition) is 1. The third-order valence-electron chi connectivity index (χ3n) is 3.91. The summed E-state index contributed by atoms with van der Waals surface area (Å²) in [4.78, 5) is 19.9. The molecular formula is C19H17ClF3N3O2. The Morgan fingerprint density at radius 1 is 1.18 bits per heavy atom. The number of carbonyl (C=O) groups excluding carboxylic acids is 1. The second-order valence-electron chi connectivity index (χ2n) is 5.80. The van der Waals surface area contributed by atoms with Crippen LogP contribution in [0.3, 0.4) is 0 Å². The van der Waals surface area contributed by atoms with E-state index >= 15 is 0 Å². The number of carbonyl (C=O) groups is 1. The maximum Gasteiger partial charge on any atom is 0.416 e. The van der Waals surface area contributed by atoms with Crippen molar-refractivity contribution in [3.05, 3.63) is 65.2 Å². The van der Waals surface area contributed by atoms with E-state index < -0.39 is 23.9 Å². The number of benzodiazepines with no additional fused rings is 1. The fraction of sp³-hybridized carbons (Fsp3) is 0.211. The Labute approximate surface area is 165 Å². The lowest BCUT2D eigenvalue weighted by molar-refractivity contribution is -0.143. The number of nitrogens with one attached hydrogen (secondary N) is 1. The summed E-state index contributed by atoms with van der Waals surface area (Å²) in [6.07, 6.45) is -5.59. The molecule has 3 rings (SSSR count). The van der Waals surface area contributed by atoms with E-state index in [0.29, 0.717) is 11.3 Å². The van der Waals surface area contributed by atoms with Crippen LogP contribution in [0.15, 0.2) is 58.5 Å². The molecule has 9 heteroatoms. The molecule has 0 amide bonds. The summed E-state index contributed by atoms with van der Waals surface area (Å²) < 4.78 is 44.9. The molecule has 0 saturated heterocycles. The Kier molecular flexibility index (Phi) is 6.45. The number of aliphatic imine (C=N–C) groups is 2. The van der Waals surface area contributed by atoms with Crippen LogP contribution in [0.25, 0.3) is 0 Å². The molecule has 0 fully saturated rings. The Morgan fingerprint density at radius 2 is 1.86 bits per heavy atom. The summed E-state index contributed by atoms with van der Waals surface area (Å²) in [7, 11) is 1.48. The topological polar surface area (TPSA) is 63.1 Å². The van der Waals surface area contributed by atoms with E-state index in [4.69, 9.17) is 4.74 Å². The highest BCUT2D eigenvalue weighted by Gasteiger charge is 2.33. The summed E-state index contributed by atoms with van der Waals surface area (Å²) in [5.74, 6) is -0.363. The van der Waals surface area contributed by atoms with Crippen molar-refractivity contribution in [1.82, 2.24) is 0 Å². The summed E-state index contributed by atoms with van der Waals surface area (Å²) in [6.45, 7) is 1.23. The van der Waals surface area contributed by atoms with Crippen molar-refractivity contribution in [2.75, 3.05) is 12.4 Å². The molecule has 1 N–H and O–H groups in total. The van der Waals surface area contributed by atoms with Crippen LogP contribution in [-0.2, 0) is 15.7 Å². The van der Waals surface area contributed by atoms with Gasteiger partial charge in [-0.3, -0.25) is 9.79 Å². The van der Waals surface area contributed by atoms with Gasteiger partial charge in [0.25, 0.3) is 6.23 Å². The summed E-state index contributed by atoms with van der Waals surface area (Å²) in [6, 6.07) is 12.1. The largest absolute Gasteiger partial charge is 0.432 e. The number of nitrogens with zero attached hydrogens (tertiary/aromatic N) is 2. The van der Waals surface area contributed by atoms with E-state index in [0.717, 1.165) is 12.1 Å². The molecular weight excluding hydrogens is 395 g/mol. The first kappa shape index (κ1) is 21.4. The molecule has 2 aromatic carbocycles. The van der Waals surface area contributed by atoms with Gasteiger partial charge in [-0.15, -0.1) is 12.4 Å². The summed E-state index contributed by atoms with van der Waals surface area (Å²) in [5.41, 5.74) is 0.698. The minimum atomic E-state index is -4.50. The number of anilines is 1. The summed E-state index contributed by atoms with van der Waals surface area (Å²) in [5, 5.41) is 2.93. The van der Waals surface area contributed by atoms with Crippen LogP contribution in [0, 0.1) is 0 Å². The highest BCUT2D eigenvalue weighted by atomic mass is 35.5. The van der Waals surface area contributed by atoms with Crippen LogP contribution in [-0.4, -0.2) is 30.8 Å². The van der Waals surface area contributed by atoms with Gasteiger partial charge in [-0.2, -0.15) is 13.2 Å². The van der Waals surface area contributed by atoms with E-state index in [1.54, 1.807) is 30.3 Å². The van der Waals surface area contributed by atoms with E-state index in [1.807, 2.05) is 0 Å². The van der Waals surface area contributed by atoms with Gasteiger partial charge >= 0.3 is 12.1 Å². The first-order valence-corrected chi connectivity index (χ1v) is 8.05. The molecule has 0 radical (unpaired) electrons. The first-order chi connectivity index (χ1) is 12.8. The normalized spacial score (nSPS) is 17.5. The predicted molar refractivity (Wildman–Crippen MR) is 103 cm³/mol. The molecule has 1 aliphatic rings. The Balaban J connectivity index is 0.00000280. The van der Waals surface area contributed by atoms with Gasteiger partial charge in [-0.1, -0.05) is 30.3 Å². The molecule has 5 nitrogen and oxygen atoms in total. The first-order valence-electron chi connectivity index (χ1n) is 8.05. The van der Waals surface area contributed by atoms with Gasteiger partial charge in [-0.05, 0) is 18.2 Å². The van der Waals surface area contributed by atoms with Crippen LogP contribution < -0.4 is 5.32 Å².